The lowest BCUT2D eigenvalue weighted by atomic mass is 9.99. The molecule has 0 atom stereocenters. The molecule has 3 nitrogen and oxygen atoms in total. The van der Waals surface area contributed by atoms with E-state index in [1.807, 2.05) is 12.1 Å². The highest BCUT2D eigenvalue weighted by Gasteiger charge is 2.33. The van der Waals surface area contributed by atoms with Gasteiger partial charge in [0.15, 0.2) is 0 Å². The number of ether oxygens (including phenoxy) is 1. The quantitative estimate of drug-likeness (QED) is 0.255. The van der Waals surface area contributed by atoms with Crippen molar-refractivity contribution in [1.29, 1.82) is 0 Å². The number of carbonyl (C=O) groups excluding carboxylic acids is 1. The number of rotatable bonds is 7. The van der Waals surface area contributed by atoms with Gasteiger partial charge in [0.1, 0.15) is 18.2 Å². The Morgan fingerprint density at radius 1 is 0.861 bits per heavy atom. The summed E-state index contributed by atoms with van der Waals surface area (Å²) < 4.78 is 60.2. The molecule has 0 aliphatic rings. The summed E-state index contributed by atoms with van der Waals surface area (Å²) in [4.78, 5) is 12.4. The van der Waals surface area contributed by atoms with E-state index < -0.39 is 23.5 Å². The molecular formula is C28H20ClF4NO2. The van der Waals surface area contributed by atoms with Gasteiger partial charge in [-0.1, -0.05) is 60.1 Å². The lowest BCUT2D eigenvalue weighted by molar-refractivity contribution is -0.137. The maximum Gasteiger partial charge on any atom is 0.417 e. The number of halogens is 5. The van der Waals surface area contributed by atoms with Crippen molar-refractivity contribution in [2.24, 2.45) is 0 Å². The lowest BCUT2D eigenvalue weighted by Gasteiger charge is -2.14. The largest absolute Gasteiger partial charge is 0.489 e. The van der Waals surface area contributed by atoms with Gasteiger partial charge in [0.05, 0.1) is 17.7 Å². The summed E-state index contributed by atoms with van der Waals surface area (Å²) in [6.07, 6.45) is -4.59. The van der Waals surface area contributed by atoms with Crippen molar-refractivity contribution in [2.75, 3.05) is 5.32 Å². The average Bonchev–Trinajstić information content (AvgIpc) is 2.85. The number of anilines is 1. The molecule has 8 heteroatoms. The van der Waals surface area contributed by atoms with E-state index in [0.717, 1.165) is 17.7 Å². The normalized spacial score (nSPS) is 11.2. The molecule has 0 unspecified atom stereocenters. The minimum Gasteiger partial charge on any atom is -0.489 e. The van der Waals surface area contributed by atoms with Crippen molar-refractivity contribution in [3.05, 3.63) is 119 Å². The van der Waals surface area contributed by atoms with Crippen molar-refractivity contribution in [3.8, 4) is 16.9 Å². The van der Waals surface area contributed by atoms with Crippen LogP contribution in [0, 0.1) is 5.82 Å². The topological polar surface area (TPSA) is 38.3 Å². The molecule has 0 heterocycles. The van der Waals surface area contributed by atoms with Gasteiger partial charge in [-0.05, 0) is 64.7 Å². The first-order valence-corrected chi connectivity index (χ1v) is 11.3. The second-order valence-corrected chi connectivity index (χ2v) is 8.46. The standard InChI is InChI=1S/C28H20ClF4NO2/c29-21-10-5-19(6-11-21)17-36-22-12-7-18(8-13-22)15-27(35)34-26-14-9-20(16-25(26)30)23-3-1-2-4-24(23)28(31,32)33/h1-14,16H,15,17H2,(H,34,35). The Bertz CT molecular complexity index is 1350. The molecule has 0 saturated carbocycles. The van der Waals surface area contributed by atoms with Gasteiger partial charge in [-0.15, -0.1) is 0 Å². The number of carbonyl (C=O) groups is 1. The van der Waals surface area contributed by atoms with Crippen LogP contribution in [0.25, 0.3) is 11.1 Å². The Morgan fingerprint density at radius 3 is 2.19 bits per heavy atom. The van der Waals surface area contributed by atoms with Crippen molar-refractivity contribution < 1.29 is 27.1 Å². The molecule has 0 aliphatic heterocycles. The van der Waals surface area contributed by atoms with Gasteiger partial charge in [-0.3, -0.25) is 4.79 Å². The van der Waals surface area contributed by atoms with Crippen molar-refractivity contribution >= 4 is 23.2 Å². The first-order chi connectivity index (χ1) is 17.2. The molecule has 36 heavy (non-hydrogen) atoms. The summed E-state index contributed by atoms with van der Waals surface area (Å²) in [5.41, 5.74) is 0.589. The van der Waals surface area contributed by atoms with Crippen LogP contribution >= 0.6 is 11.6 Å². The Morgan fingerprint density at radius 2 is 1.53 bits per heavy atom. The third-order valence-electron chi connectivity index (χ3n) is 5.39. The van der Waals surface area contributed by atoms with E-state index in [1.54, 1.807) is 36.4 Å². The third-order valence-corrected chi connectivity index (χ3v) is 5.65. The zero-order valence-corrected chi connectivity index (χ0v) is 19.5. The second kappa shape index (κ2) is 10.8. The number of benzene rings is 4. The molecule has 0 aromatic heterocycles. The van der Waals surface area contributed by atoms with Gasteiger partial charge >= 0.3 is 6.18 Å². The van der Waals surface area contributed by atoms with E-state index in [-0.39, 0.29) is 23.2 Å². The van der Waals surface area contributed by atoms with Crippen LogP contribution in [0.15, 0.2) is 91.0 Å². The Hall–Kier alpha value is -3.84. The number of hydrogen-bond acceptors (Lipinski definition) is 2. The van der Waals surface area contributed by atoms with E-state index in [0.29, 0.717) is 22.9 Å². The van der Waals surface area contributed by atoms with E-state index in [9.17, 15) is 22.4 Å². The molecule has 184 valence electrons. The molecule has 4 aromatic carbocycles. The maximum absolute atomic E-state index is 14.6. The Kier molecular flexibility index (Phi) is 7.60. The van der Waals surface area contributed by atoms with Gasteiger partial charge in [0.25, 0.3) is 0 Å². The first kappa shape index (κ1) is 25.3. The van der Waals surface area contributed by atoms with Crippen LogP contribution in [0.3, 0.4) is 0 Å². The highest BCUT2D eigenvalue weighted by molar-refractivity contribution is 6.30. The van der Waals surface area contributed by atoms with Gasteiger partial charge in [0.2, 0.25) is 5.91 Å². The third kappa shape index (κ3) is 6.43. The maximum atomic E-state index is 14.6. The van der Waals surface area contributed by atoms with Gasteiger partial charge in [0, 0.05) is 5.02 Å². The van der Waals surface area contributed by atoms with Gasteiger partial charge in [-0.2, -0.15) is 13.2 Å². The number of nitrogens with one attached hydrogen (secondary N) is 1. The predicted octanol–water partition coefficient (Wildman–Crippen LogP) is 7.93. The fourth-order valence-electron chi connectivity index (χ4n) is 3.60. The van der Waals surface area contributed by atoms with E-state index >= 15 is 0 Å². The number of hydrogen-bond donors (Lipinski definition) is 1. The van der Waals surface area contributed by atoms with E-state index in [2.05, 4.69) is 5.32 Å². The highest BCUT2D eigenvalue weighted by Crippen LogP contribution is 2.37. The van der Waals surface area contributed by atoms with Crippen molar-refractivity contribution in [2.45, 2.75) is 19.2 Å². The molecule has 4 rings (SSSR count). The summed E-state index contributed by atoms with van der Waals surface area (Å²) in [5.74, 6) is -0.675. The molecular weight excluding hydrogens is 494 g/mol. The van der Waals surface area contributed by atoms with Crippen LogP contribution in [0.1, 0.15) is 16.7 Å². The van der Waals surface area contributed by atoms with Crippen LogP contribution in [0.2, 0.25) is 5.02 Å². The summed E-state index contributed by atoms with van der Waals surface area (Å²) in [5, 5.41) is 3.11. The predicted molar refractivity (Wildman–Crippen MR) is 131 cm³/mol. The van der Waals surface area contributed by atoms with Gasteiger partial charge in [-0.25, -0.2) is 4.39 Å². The number of alkyl halides is 3. The molecule has 0 radical (unpaired) electrons. The molecule has 4 aromatic rings. The molecule has 1 N–H and O–H groups in total. The zero-order valence-electron chi connectivity index (χ0n) is 18.8. The molecule has 1 amide bonds. The minimum atomic E-state index is -4.57. The zero-order chi connectivity index (χ0) is 25.7. The van der Waals surface area contributed by atoms with Crippen LogP contribution in [-0.4, -0.2) is 5.91 Å². The fraction of sp³-hybridized carbons (Fsp3) is 0.107. The molecule has 0 saturated heterocycles. The van der Waals surface area contributed by atoms with Crippen molar-refractivity contribution in [3.63, 3.8) is 0 Å². The smallest absolute Gasteiger partial charge is 0.417 e. The van der Waals surface area contributed by atoms with Crippen LogP contribution in [0.4, 0.5) is 23.2 Å². The van der Waals surface area contributed by atoms with Gasteiger partial charge < -0.3 is 10.1 Å². The molecule has 0 bridgehead atoms. The second-order valence-electron chi connectivity index (χ2n) is 8.02. The van der Waals surface area contributed by atoms with E-state index in [4.69, 9.17) is 16.3 Å². The fourth-order valence-corrected chi connectivity index (χ4v) is 3.72. The summed E-state index contributed by atoms with van der Waals surface area (Å²) in [7, 11) is 0. The van der Waals surface area contributed by atoms with Crippen LogP contribution in [-0.2, 0) is 24.0 Å². The molecule has 0 spiro atoms. The summed E-state index contributed by atoms with van der Waals surface area (Å²) in [6.45, 7) is 0.361. The average molecular weight is 514 g/mol. The Labute approximate surface area is 210 Å². The molecule has 0 fully saturated rings. The van der Waals surface area contributed by atoms with Crippen LogP contribution < -0.4 is 10.1 Å². The van der Waals surface area contributed by atoms with Crippen molar-refractivity contribution in [1.82, 2.24) is 0 Å². The number of amides is 1. The van der Waals surface area contributed by atoms with Crippen LogP contribution in [0.5, 0.6) is 5.75 Å². The summed E-state index contributed by atoms with van der Waals surface area (Å²) >= 11 is 5.87. The Balaban J connectivity index is 1.37. The first-order valence-electron chi connectivity index (χ1n) is 10.9. The highest BCUT2D eigenvalue weighted by atomic mass is 35.5. The summed E-state index contributed by atoms with van der Waals surface area (Å²) in [6, 6.07) is 22.7. The molecule has 0 aliphatic carbocycles. The SMILES string of the molecule is O=C(Cc1ccc(OCc2ccc(Cl)cc2)cc1)Nc1ccc(-c2ccccc2C(F)(F)F)cc1F. The minimum absolute atomic E-state index is 0.0183. The van der Waals surface area contributed by atoms with E-state index in [1.165, 1.54) is 30.3 Å². The lowest BCUT2D eigenvalue weighted by Crippen LogP contribution is -2.15. The monoisotopic (exact) mass is 513 g/mol.